The van der Waals surface area contributed by atoms with E-state index in [4.69, 9.17) is 10.8 Å². The minimum absolute atomic E-state index is 0.290. The number of nitrogens with zero attached hydrogens (tertiary/aromatic N) is 7. The van der Waals surface area contributed by atoms with Crippen LogP contribution in [0, 0.1) is 18.3 Å². The molecule has 0 aliphatic carbocycles. The Balaban J connectivity index is 1.86. The van der Waals surface area contributed by atoms with E-state index in [1.807, 2.05) is 65.5 Å². The third-order valence-corrected chi connectivity index (χ3v) is 5.38. The molecule has 2 N–H and O–H groups in total. The van der Waals surface area contributed by atoms with E-state index >= 15 is 0 Å². The van der Waals surface area contributed by atoms with Gasteiger partial charge in [-0.3, -0.25) is 4.98 Å². The summed E-state index contributed by atoms with van der Waals surface area (Å²) >= 11 is 0. The number of nitriles is 1. The van der Waals surface area contributed by atoms with Gasteiger partial charge in [-0.25, -0.2) is 14.6 Å². The van der Waals surface area contributed by atoms with Crippen LogP contribution >= 0.6 is 0 Å². The molecule has 0 saturated carbocycles. The number of pyridine rings is 2. The Morgan fingerprint density at radius 1 is 1.10 bits per heavy atom. The van der Waals surface area contributed by atoms with Crippen molar-refractivity contribution in [3.63, 3.8) is 0 Å². The molecule has 0 bridgehead atoms. The lowest BCUT2D eigenvalue weighted by Crippen LogP contribution is -2.11. The van der Waals surface area contributed by atoms with Gasteiger partial charge in [0.25, 0.3) is 0 Å². The Kier molecular flexibility index (Phi) is 3.96. The van der Waals surface area contributed by atoms with Crippen LogP contribution < -0.4 is 5.73 Å². The van der Waals surface area contributed by atoms with Crippen molar-refractivity contribution in [3.8, 4) is 17.5 Å². The first-order chi connectivity index (χ1) is 14.6. The van der Waals surface area contributed by atoms with Gasteiger partial charge in [0.05, 0.1) is 39.6 Å². The zero-order valence-corrected chi connectivity index (χ0v) is 16.5. The Hall–Kier alpha value is -4.25. The Bertz CT molecular complexity index is 1440. The van der Waals surface area contributed by atoms with Crippen molar-refractivity contribution in [2.24, 2.45) is 0 Å². The summed E-state index contributed by atoms with van der Waals surface area (Å²) in [5.74, 6) is 0.392. The minimum Gasteiger partial charge on any atom is -0.383 e. The fourth-order valence-electron chi connectivity index (χ4n) is 4.08. The summed E-state index contributed by atoms with van der Waals surface area (Å²) in [7, 11) is 0. The highest BCUT2D eigenvalue weighted by Crippen LogP contribution is 2.37. The van der Waals surface area contributed by atoms with Crippen LogP contribution in [0.4, 0.5) is 5.82 Å². The van der Waals surface area contributed by atoms with Crippen molar-refractivity contribution >= 4 is 22.4 Å². The van der Waals surface area contributed by atoms with E-state index < -0.39 is 0 Å². The summed E-state index contributed by atoms with van der Waals surface area (Å²) < 4.78 is 3.82. The number of rotatable bonds is 3. The number of hydrogen-bond acceptors (Lipinski definition) is 6. The molecular weight excluding hydrogens is 376 g/mol. The summed E-state index contributed by atoms with van der Waals surface area (Å²) in [6, 6.07) is 13.7. The van der Waals surface area contributed by atoms with Gasteiger partial charge in [0.2, 0.25) is 0 Å². The number of fused-ring (bicyclic) bond motifs is 2. The normalized spacial score (nSPS) is 12.3. The number of nitrogens with two attached hydrogens (primary N) is 1. The smallest absolute Gasteiger partial charge is 0.164 e. The molecule has 8 nitrogen and oxygen atoms in total. The molecule has 0 aliphatic heterocycles. The van der Waals surface area contributed by atoms with Crippen LogP contribution in [-0.2, 0) is 0 Å². The average Bonchev–Trinajstić information content (AvgIpc) is 3.29. The highest BCUT2D eigenvalue weighted by Gasteiger charge is 2.27. The van der Waals surface area contributed by atoms with Crippen molar-refractivity contribution < 1.29 is 0 Å². The molecule has 30 heavy (non-hydrogen) atoms. The van der Waals surface area contributed by atoms with Gasteiger partial charge in [0.15, 0.2) is 5.65 Å². The second kappa shape index (κ2) is 6.67. The summed E-state index contributed by atoms with van der Waals surface area (Å²) in [5, 5.41) is 15.5. The van der Waals surface area contributed by atoms with E-state index in [2.05, 4.69) is 21.0 Å². The zero-order valence-electron chi connectivity index (χ0n) is 16.5. The molecule has 146 valence electrons. The molecular formula is C22H18N8. The van der Waals surface area contributed by atoms with E-state index in [0.717, 1.165) is 33.5 Å². The summed E-state index contributed by atoms with van der Waals surface area (Å²) in [4.78, 5) is 13.1. The summed E-state index contributed by atoms with van der Waals surface area (Å²) in [6.45, 7) is 3.89. The second-order valence-electron chi connectivity index (χ2n) is 7.08. The van der Waals surface area contributed by atoms with Gasteiger partial charge in [0.1, 0.15) is 18.2 Å². The van der Waals surface area contributed by atoms with Gasteiger partial charge < -0.3 is 10.1 Å². The highest BCUT2D eigenvalue weighted by molar-refractivity contribution is 5.88. The van der Waals surface area contributed by atoms with Crippen LogP contribution in [0.1, 0.15) is 29.8 Å². The molecule has 5 aromatic heterocycles. The van der Waals surface area contributed by atoms with Crippen molar-refractivity contribution in [1.82, 2.24) is 29.1 Å². The Labute approximate surface area is 172 Å². The zero-order chi connectivity index (χ0) is 20.8. The highest BCUT2D eigenvalue weighted by atomic mass is 15.3. The number of anilines is 1. The predicted molar refractivity (Wildman–Crippen MR) is 114 cm³/mol. The first-order valence-corrected chi connectivity index (χ1v) is 9.51. The first kappa shape index (κ1) is 17.8. The molecule has 0 aliphatic rings. The lowest BCUT2D eigenvalue weighted by molar-refractivity contribution is 0.575. The summed E-state index contributed by atoms with van der Waals surface area (Å²) in [6.07, 6.45) is 5.13. The van der Waals surface area contributed by atoms with Crippen molar-refractivity contribution in [2.45, 2.75) is 19.9 Å². The van der Waals surface area contributed by atoms with Crippen LogP contribution in [0.2, 0.25) is 0 Å². The molecule has 5 rings (SSSR count). The van der Waals surface area contributed by atoms with Crippen LogP contribution in [-0.4, -0.2) is 29.1 Å². The predicted octanol–water partition coefficient (Wildman–Crippen LogP) is 3.51. The number of hydrogen-bond donors (Lipinski definition) is 1. The van der Waals surface area contributed by atoms with Gasteiger partial charge in [-0.05, 0) is 38.1 Å². The van der Waals surface area contributed by atoms with Crippen LogP contribution in [0.5, 0.6) is 0 Å². The maximum absolute atomic E-state index is 10.1. The number of aromatic nitrogens is 6. The minimum atomic E-state index is -0.290. The maximum Gasteiger partial charge on any atom is 0.164 e. The van der Waals surface area contributed by atoms with E-state index in [1.54, 1.807) is 6.20 Å². The molecule has 0 amide bonds. The van der Waals surface area contributed by atoms with Gasteiger partial charge in [0, 0.05) is 18.0 Å². The Morgan fingerprint density at radius 2 is 1.93 bits per heavy atom. The van der Waals surface area contributed by atoms with Crippen molar-refractivity contribution in [1.29, 1.82) is 5.26 Å². The van der Waals surface area contributed by atoms with Gasteiger partial charge in [-0.1, -0.05) is 12.1 Å². The SMILES string of the molecule is Cc1nn(C(C)c2c(C#N)c3ccccn3c2-c2ccccn2)c2ncnc(N)c12. The fourth-order valence-corrected chi connectivity index (χ4v) is 4.08. The van der Waals surface area contributed by atoms with Gasteiger partial charge in [-0.2, -0.15) is 10.4 Å². The average molecular weight is 394 g/mol. The van der Waals surface area contributed by atoms with E-state index in [0.29, 0.717) is 17.0 Å². The topological polar surface area (TPSA) is 111 Å². The molecule has 1 unspecified atom stereocenters. The quantitative estimate of drug-likeness (QED) is 0.501. The lowest BCUT2D eigenvalue weighted by atomic mass is 10.0. The van der Waals surface area contributed by atoms with Crippen LogP contribution in [0.25, 0.3) is 27.9 Å². The third kappa shape index (κ3) is 2.46. The van der Waals surface area contributed by atoms with E-state index in [1.165, 1.54) is 6.33 Å². The lowest BCUT2D eigenvalue weighted by Gasteiger charge is -2.15. The molecule has 0 spiro atoms. The summed E-state index contributed by atoms with van der Waals surface area (Å²) in [5.41, 5.74) is 11.4. The van der Waals surface area contributed by atoms with Crippen LogP contribution in [0.3, 0.4) is 0 Å². The maximum atomic E-state index is 10.1. The molecule has 0 fully saturated rings. The second-order valence-corrected chi connectivity index (χ2v) is 7.08. The molecule has 5 aromatic rings. The van der Waals surface area contributed by atoms with Gasteiger partial charge >= 0.3 is 0 Å². The molecule has 5 heterocycles. The van der Waals surface area contributed by atoms with E-state index in [9.17, 15) is 5.26 Å². The van der Waals surface area contributed by atoms with Crippen molar-refractivity contribution in [2.75, 3.05) is 5.73 Å². The van der Waals surface area contributed by atoms with E-state index in [-0.39, 0.29) is 6.04 Å². The standard InChI is InChI=1S/C22H18N8/c1-13-18-21(24)26-12-27-22(18)30(28-13)14(2)19-15(11-23)17-8-4-6-10-29(17)20(19)16-7-3-5-9-25-16/h3-10,12,14H,1-2H3,(H2,24,26,27). The van der Waals surface area contributed by atoms with Crippen LogP contribution in [0.15, 0.2) is 55.1 Å². The molecule has 0 saturated heterocycles. The number of aryl methyl sites for hydroxylation is 1. The van der Waals surface area contributed by atoms with Crippen molar-refractivity contribution in [3.05, 3.63) is 71.9 Å². The fraction of sp³-hybridized carbons (Fsp3) is 0.136. The monoisotopic (exact) mass is 394 g/mol. The Morgan fingerprint density at radius 3 is 2.70 bits per heavy atom. The molecule has 0 aromatic carbocycles. The largest absolute Gasteiger partial charge is 0.383 e. The molecule has 0 radical (unpaired) electrons. The molecule has 8 heteroatoms. The number of nitrogen functional groups attached to an aromatic ring is 1. The molecule has 1 atom stereocenters. The third-order valence-electron chi connectivity index (χ3n) is 5.38. The first-order valence-electron chi connectivity index (χ1n) is 9.51. The van der Waals surface area contributed by atoms with Gasteiger partial charge in [-0.15, -0.1) is 0 Å².